The molecule has 1 aliphatic heterocycles. The average molecular weight is 1200 g/mol. The van der Waals surface area contributed by atoms with Crippen molar-refractivity contribution in [2.45, 2.75) is 358 Å². The second kappa shape index (κ2) is 64.8. The molecule has 0 aromatic heterocycles. The molecule has 0 radical (unpaired) electrons. The number of amides is 1. The highest BCUT2D eigenvalue weighted by Crippen LogP contribution is 2.23. The standard InChI is InChI=1S/C77H135NO8/c1-3-5-7-9-11-13-15-17-19-21-23-25-27-28-29-30-31-32-33-34-35-36-37-38-39-40-41-42-43-44-45-47-49-51-53-55-57-59-61-63-65-67-73(81)78-70(69-85-77-76(84)75(83)74(82)72(68-79)86-77)71(80)66-64-62-60-58-56-54-52-50-48-46-26-24-22-20-18-16-14-12-10-8-6-4-2/h5,7,11,13,17,19,23,25,28-29,31-32,48,50,56,58,64,66,70-72,74-77,79-80,82-84H,3-4,6,8-10,12,14-16,18,20-22,24,26-27,30,33-47,49,51-55,57,59-63,65,67-69H2,1-2H3,(H,78,81)/b7-5-,13-11-,19-17-,25-23-,29-28-,32-31-,50-48+,58-56+,66-64+. The Morgan fingerprint density at radius 1 is 0.407 bits per heavy atom. The number of rotatable bonds is 62. The van der Waals surface area contributed by atoms with Crippen LogP contribution in [0.15, 0.2) is 109 Å². The summed E-state index contributed by atoms with van der Waals surface area (Å²) in [5.41, 5.74) is 0. The first-order chi connectivity index (χ1) is 42.3. The van der Waals surface area contributed by atoms with E-state index in [0.29, 0.717) is 6.42 Å². The normalized spacial score (nSPS) is 18.7. The van der Waals surface area contributed by atoms with Gasteiger partial charge in [0.05, 0.1) is 25.4 Å². The van der Waals surface area contributed by atoms with Crippen LogP contribution in [0.5, 0.6) is 0 Å². The van der Waals surface area contributed by atoms with E-state index in [9.17, 15) is 30.3 Å². The van der Waals surface area contributed by atoms with E-state index in [1.54, 1.807) is 6.08 Å². The molecule has 1 aliphatic rings. The third kappa shape index (κ3) is 52.8. The highest BCUT2D eigenvalue weighted by molar-refractivity contribution is 5.76. The molecule has 9 heteroatoms. The number of unbranched alkanes of at least 4 members (excludes halogenated alkanes) is 36. The molecule has 0 aromatic carbocycles. The van der Waals surface area contributed by atoms with E-state index in [1.807, 2.05) is 6.08 Å². The number of carbonyl (C=O) groups excluding carboxylic acids is 1. The van der Waals surface area contributed by atoms with Gasteiger partial charge in [-0.3, -0.25) is 4.79 Å². The number of hydrogen-bond acceptors (Lipinski definition) is 8. The van der Waals surface area contributed by atoms with Gasteiger partial charge in [0.1, 0.15) is 24.4 Å². The molecule has 0 bridgehead atoms. The lowest BCUT2D eigenvalue weighted by Gasteiger charge is -2.40. The number of aliphatic hydroxyl groups is 5. The summed E-state index contributed by atoms with van der Waals surface area (Å²) in [4.78, 5) is 13.1. The third-order valence-corrected chi connectivity index (χ3v) is 16.6. The maximum atomic E-state index is 13.1. The van der Waals surface area contributed by atoms with Crippen molar-refractivity contribution in [3.8, 4) is 0 Å². The Morgan fingerprint density at radius 2 is 0.733 bits per heavy atom. The van der Waals surface area contributed by atoms with Crippen LogP contribution < -0.4 is 5.32 Å². The van der Waals surface area contributed by atoms with E-state index >= 15 is 0 Å². The van der Waals surface area contributed by atoms with Crippen molar-refractivity contribution in [2.75, 3.05) is 13.2 Å². The van der Waals surface area contributed by atoms with Crippen LogP contribution in [-0.2, 0) is 14.3 Å². The molecule has 1 rings (SSSR count). The van der Waals surface area contributed by atoms with Crippen LogP contribution in [0.2, 0.25) is 0 Å². The Labute approximate surface area is 529 Å². The highest BCUT2D eigenvalue weighted by Gasteiger charge is 2.44. The summed E-state index contributed by atoms with van der Waals surface area (Å²) in [5.74, 6) is -0.188. The minimum atomic E-state index is -1.58. The Bertz CT molecular complexity index is 1730. The van der Waals surface area contributed by atoms with Crippen LogP contribution in [0, 0.1) is 0 Å². The lowest BCUT2D eigenvalue weighted by molar-refractivity contribution is -0.302. The zero-order chi connectivity index (χ0) is 62.1. The monoisotopic (exact) mass is 1200 g/mol. The van der Waals surface area contributed by atoms with Crippen molar-refractivity contribution in [2.24, 2.45) is 0 Å². The van der Waals surface area contributed by atoms with Crippen molar-refractivity contribution in [3.05, 3.63) is 109 Å². The van der Waals surface area contributed by atoms with Gasteiger partial charge in [0, 0.05) is 6.42 Å². The summed E-state index contributed by atoms with van der Waals surface area (Å²) in [5, 5.41) is 54.7. The van der Waals surface area contributed by atoms with Gasteiger partial charge in [-0.15, -0.1) is 0 Å². The fourth-order valence-electron chi connectivity index (χ4n) is 11.0. The smallest absolute Gasteiger partial charge is 0.220 e. The summed E-state index contributed by atoms with van der Waals surface area (Å²) in [7, 11) is 0. The summed E-state index contributed by atoms with van der Waals surface area (Å²) >= 11 is 0. The third-order valence-electron chi connectivity index (χ3n) is 16.6. The van der Waals surface area contributed by atoms with Crippen molar-refractivity contribution in [1.82, 2.24) is 5.32 Å². The van der Waals surface area contributed by atoms with Gasteiger partial charge in [0.15, 0.2) is 6.29 Å². The van der Waals surface area contributed by atoms with Gasteiger partial charge in [0.2, 0.25) is 5.91 Å². The average Bonchev–Trinajstić information content (AvgIpc) is 2.36. The van der Waals surface area contributed by atoms with E-state index in [4.69, 9.17) is 9.47 Å². The maximum Gasteiger partial charge on any atom is 0.220 e. The molecule has 0 aliphatic carbocycles. The zero-order valence-electron chi connectivity index (χ0n) is 55.5. The van der Waals surface area contributed by atoms with E-state index in [1.165, 1.54) is 212 Å². The summed E-state index contributed by atoms with van der Waals surface area (Å²) in [6.07, 6.45) is 89.2. The minimum Gasteiger partial charge on any atom is -0.394 e. The molecule has 9 nitrogen and oxygen atoms in total. The first kappa shape index (κ1) is 80.9. The van der Waals surface area contributed by atoms with Crippen molar-refractivity contribution in [1.29, 1.82) is 0 Å². The Balaban J connectivity index is 2.09. The molecule has 1 fully saturated rings. The second-order valence-electron chi connectivity index (χ2n) is 24.6. The molecule has 1 saturated heterocycles. The molecule has 1 heterocycles. The van der Waals surface area contributed by atoms with Crippen LogP contribution in [0.1, 0.15) is 316 Å². The molecule has 6 N–H and O–H groups in total. The fourth-order valence-corrected chi connectivity index (χ4v) is 11.0. The van der Waals surface area contributed by atoms with Crippen LogP contribution in [0.3, 0.4) is 0 Å². The molecule has 496 valence electrons. The highest BCUT2D eigenvalue weighted by atomic mass is 16.7. The van der Waals surface area contributed by atoms with E-state index < -0.39 is 49.5 Å². The number of hydrogen-bond donors (Lipinski definition) is 6. The maximum absolute atomic E-state index is 13.1. The molecule has 7 unspecified atom stereocenters. The lowest BCUT2D eigenvalue weighted by atomic mass is 9.99. The topological polar surface area (TPSA) is 149 Å². The van der Waals surface area contributed by atoms with Crippen LogP contribution in [0.25, 0.3) is 0 Å². The quantitative estimate of drug-likeness (QED) is 0.0261. The zero-order valence-corrected chi connectivity index (χ0v) is 55.5. The van der Waals surface area contributed by atoms with Crippen molar-refractivity contribution in [3.63, 3.8) is 0 Å². The van der Waals surface area contributed by atoms with Gasteiger partial charge < -0.3 is 40.3 Å². The number of aliphatic hydroxyl groups excluding tert-OH is 5. The molecule has 0 spiro atoms. The largest absolute Gasteiger partial charge is 0.394 e. The van der Waals surface area contributed by atoms with E-state index in [0.717, 1.165) is 83.5 Å². The van der Waals surface area contributed by atoms with Gasteiger partial charge in [-0.2, -0.15) is 0 Å². The Kier molecular flexibility index (Phi) is 61.0. The number of nitrogens with one attached hydrogen (secondary N) is 1. The minimum absolute atomic E-state index is 0.188. The fraction of sp³-hybridized carbons (Fsp3) is 0.753. The van der Waals surface area contributed by atoms with Crippen LogP contribution in [0.4, 0.5) is 0 Å². The van der Waals surface area contributed by atoms with E-state index in [2.05, 4.69) is 116 Å². The number of ether oxygens (including phenoxy) is 2. The summed E-state index contributed by atoms with van der Waals surface area (Å²) < 4.78 is 11.3. The number of allylic oxidation sites excluding steroid dienone is 17. The van der Waals surface area contributed by atoms with Crippen molar-refractivity contribution >= 4 is 5.91 Å². The molecule has 0 saturated carbocycles. The van der Waals surface area contributed by atoms with E-state index in [-0.39, 0.29) is 12.5 Å². The number of carbonyl (C=O) groups is 1. The first-order valence-electron chi connectivity index (χ1n) is 36.1. The van der Waals surface area contributed by atoms with Gasteiger partial charge in [-0.1, -0.05) is 322 Å². The van der Waals surface area contributed by atoms with Gasteiger partial charge in [0.25, 0.3) is 0 Å². The van der Waals surface area contributed by atoms with Crippen molar-refractivity contribution < 1.29 is 39.8 Å². The predicted octanol–water partition coefficient (Wildman–Crippen LogP) is 20.0. The molecule has 86 heavy (non-hydrogen) atoms. The summed E-state index contributed by atoms with van der Waals surface area (Å²) in [6, 6.07) is -0.833. The van der Waals surface area contributed by atoms with Gasteiger partial charge in [-0.25, -0.2) is 0 Å². The van der Waals surface area contributed by atoms with Gasteiger partial charge >= 0.3 is 0 Å². The lowest BCUT2D eigenvalue weighted by Crippen LogP contribution is -2.60. The Morgan fingerprint density at radius 3 is 1.12 bits per heavy atom. The van der Waals surface area contributed by atoms with Crippen LogP contribution >= 0.6 is 0 Å². The molecular formula is C77H135NO8. The van der Waals surface area contributed by atoms with Crippen LogP contribution in [-0.4, -0.2) is 87.5 Å². The second-order valence-corrected chi connectivity index (χ2v) is 24.6. The van der Waals surface area contributed by atoms with Gasteiger partial charge in [-0.05, 0) is 96.3 Å². The predicted molar refractivity (Wildman–Crippen MR) is 368 cm³/mol. The Hall–Kier alpha value is -3.15. The first-order valence-corrected chi connectivity index (χ1v) is 36.1. The molecule has 7 atom stereocenters. The SMILES string of the molecule is CC/C=C\C/C=C\C/C=C\C/C=C\C/C=C\C/C=C\CCCCCCCCCCCCCCCCCCCCCCCCC(=O)NC(COC1OC(CO)C(O)C(O)C1O)C(O)/C=C/CC/C=C/CC/C=C/CCCCCCCCCCCCCC. The molecule has 0 aromatic rings. The summed E-state index contributed by atoms with van der Waals surface area (Å²) in [6.45, 7) is 3.67. The molecular weight excluding hydrogens is 1070 g/mol. The molecule has 1 amide bonds.